The van der Waals surface area contributed by atoms with Crippen LogP contribution in [0.2, 0.25) is 0 Å². The molecule has 1 aliphatic heterocycles. The first-order chi connectivity index (χ1) is 12.7. The fraction of sp³-hybridized carbons (Fsp3) is 0.176. The fourth-order valence-corrected chi connectivity index (χ4v) is 2.76. The molecule has 140 valence electrons. The first kappa shape index (κ1) is 18.4. The standard InChI is InChI=1S/C17H12F3N3O4/c1-21-16-13(12-8-9(23(25)26)6-7-22-12)14(24)15(27-16)10-4-2-3-5-11(10)17(18,19)20/h2-8,15,21H,1H3. The topological polar surface area (TPSA) is 94.4 Å². The Hall–Kier alpha value is -3.43. The van der Waals surface area contributed by atoms with Crippen LogP contribution in [-0.2, 0) is 15.7 Å². The van der Waals surface area contributed by atoms with E-state index >= 15 is 0 Å². The second-order valence-electron chi connectivity index (χ2n) is 5.56. The molecule has 0 amide bonds. The van der Waals surface area contributed by atoms with Gasteiger partial charge in [0.05, 0.1) is 16.2 Å². The largest absolute Gasteiger partial charge is 0.462 e. The Labute approximate surface area is 150 Å². The van der Waals surface area contributed by atoms with Gasteiger partial charge in [-0.05, 0) is 6.07 Å². The highest BCUT2D eigenvalue weighted by Crippen LogP contribution is 2.42. The molecule has 1 aromatic carbocycles. The molecule has 0 bridgehead atoms. The van der Waals surface area contributed by atoms with E-state index in [4.69, 9.17) is 4.74 Å². The Morgan fingerprint density at radius 3 is 2.59 bits per heavy atom. The zero-order chi connectivity index (χ0) is 19.8. The van der Waals surface area contributed by atoms with Crippen molar-refractivity contribution in [3.05, 3.63) is 75.4 Å². The van der Waals surface area contributed by atoms with E-state index in [0.29, 0.717) is 0 Å². The van der Waals surface area contributed by atoms with Crippen molar-refractivity contribution in [2.24, 2.45) is 0 Å². The number of hydrogen-bond donors (Lipinski definition) is 1. The number of rotatable bonds is 4. The minimum atomic E-state index is -4.67. The Balaban J connectivity index is 2.07. The summed E-state index contributed by atoms with van der Waals surface area (Å²) in [5.41, 5.74) is -1.86. The van der Waals surface area contributed by atoms with Crippen molar-refractivity contribution in [2.75, 3.05) is 7.05 Å². The van der Waals surface area contributed by atoms with Gasteiger partial charge in [-0.3, -0.25) is 19.9 Å². The van der Waals surface area contributed by atoms with E-state index in [1.165, 1.54) is 19.2 Å². The lowest BCUT2D eigenvalue weighted by molar-refractivity contribution is -0.385. The molecule has 1 aromatic heterocycles. The molecule has 1 N–H and O–H groups in total. The molecular formula is C17H12F3N3O4. The van der Waals surface area contributed by atoms with Crippen molar-refractivity contribution in [3.8, 4) is 0 Å². The molecule has 0 radical (unpaired) electrons. The van der Waals surface area contributed by atoms with Crippen molar-refractivity contribution in [1.82, 2.24) is 10.3 Å². The third kappa shape index (κ3) is 3.33. The van der Waals surface area contributed by atoms with E-state index < -0.39 is 28.6 Å². The van der Waals surface area contributed by atoms with E-state index in [1.807, 2.05) is 0 Å². The van der Waals surface area contributed by atoms with Gasteiger partial charge in [-0.15, -0.1) is 0 Å². The third-order valence-electron chi connectivity index (χ3n) is 3.93. The van der Waals surface area contributed by atoms with E-state index in [2.05, 4.69) is 10.3 Å². The molecule has 1 aliphatic rings. The van der Waals surface area contributed by atoms with Crippen molar-refractivity contribution in [2.45, 2.75) is 12.3 Å². The van der Waals surface area contributed by atoms with Gasteiger partial charge in [0.2, 0.25) is 11.7 Å². The highest BCUT2D eigenvalue weighted by Gasteiger charge is 2.43. The number of halogens is 3. The molecule has 3 rings (SSSR count). The maximum atomic E-state index is 13.3. The molecule has 0 spiro atoms. The van der Waals surface area contributed by atoms with Gasteiger partial charge in [0.25, 0.3) is 5.69 Å². The summed E-state index contributed by atoms with van der Waals surface area (Å²) in [6.45, 7) is 0. The number of carbonyl (C=O) groups is 1. The van der Waals surface area contributed by atoms with Crippen molar-refractivity contribution in [1.29, 1.82) is 0 Å². The fourth-order valence-electron chi connectivity index (χ4n) is 2.76. The molecular weight excluding hydrogens is 367 g/mol. The second-order valence-corrected chi connectivity index (χ2v) is 5.56. The molecule has 0 aliphatic carbocycles. The maximum absolute atomic E-state index is 13.3. The van der Waals surface area contributed by atoms with Crippen LogP contribution in [0.25, 0.3) is 5.57 Å². The highest BCUT2D eigenvalue weighted by atomic mass is 19.4. The van der Waals surface area contributed by atoms with Crippen LogP contribution in [0.4, 0.5) is 18.9 Å². The number of nitro groups is 1. The molecule has 27 heavy (non-hydrogen) atoms. The van der Waals surface area contributed by atoms with Crippen molar-refractivity contribution >= 4 is 17.0 Å². The summed E-state index contributed by atoms with van der Waals surface area (Å²) in [6.07, 6.45) is -5.08. The lowest BCUT2D eigenvalue weighted by atomic mass is 9.95. The Kier molecular flexibility index (Phi) is 4.56. The summed E-state index contributed by atoms with van der Waals surface area (Å²) in [5, 5.41) is 13.5. The van der Waals surface area contributed by atoms with Crippen LogP contribution in [0.15, 0.2) is 48.5 Å². The van der Waals surface area contributed by atoms with Gasteiger partial charge < -0.3 is 10.1 Å². The van der Waals surface area contributed by atoms with Crippen LogP contribution in [-0.4, -0.2) is 22.7 Å². The molecule has 0 saturated carbocycles. The third-order valence-corrected chi connectivity index (χ3v) is 3.93. The SMILES string of the molecule is CNC1=C(c2cc([N+](=O)[O-])ccn2)C(=O)C(c2ccccc2C(F)(F)F)O1. The predicted molar refractivity (Wildman–Crippen MR) is 87.1 cm³/mol. The summed E-state index contributed by atoms with van der Waals surface area (Å²) >= 11 is 0. The molecule has 10 heteroatoms. The summed E-state index contributed by atoms with van der Waals surface area (Å²) in [6, 6.07) is 6.79. The number of carbonyl (C=O) groups excluding carboxylic acids is 1. The number of aromatic nitrogens is 1. The number of ether oxygens (including phenoxy) is 1. The monoisotopic (exact) mass is 379 g/mol. The highest BCUT2D eigenvalue weighted by molar-refractivity contribution is 6.24. The normalized spacial score (nSPS) is 17.0. The predicted octanol–water partition coefficient (Wildman–Crippen LogP) is 3.24. The first-order valence-corrected chi connectivity index (χ1v) is 7.64. The second kappa shape index (κ2) is 6.71. The number of pyridine rings is 1. The van der Waals surface area contributed by atoms with E-state index in [1.54, 1.807) is 0 Å². The molecule has 0 fully saturated rings. The molecule has 7 nitrogen and oxygen atoms in total. The Bertz CT molecular complexity index is 956. The van der Waals surface area contributed by atoms with Gasteiger partial charge in [-0.25, -0.2) is 0 Å². The maximum Gasteiger partial charge on any atom is 0.416 e. The molecule has 2 aromatic rings. The number of Topliss-reactive ketones (excluding diaryl/α,β-unsaturated/α-hetero) is 1. The zero-order valence-electron chi connectivity index (χ0n) is 13.8. The number of alkyl halides is 3. The number of nitrogens with zero attached hydrogens (tertiary/aromatic N) is 2. The Morgan fingerprint density at radius 2 is 1.96 bits per heavy atom. The van der Waals surface area contributed by atoms with Crippen LogP contribution in [0.3, 0.4) is 0 Å². The van der Waals surface area contributed by atoms with Gasteiger partial charge in [0.1, 0.15) is 5.57 Å². The van der Waals surface area contributed by atoms with Crippen LogP contribution in [0.5, 0.6) is 0 Å². The van der Waals surface area contributed by atoms with Gasteiger partial charge in [0.15, 0.2) is 6.10 Å². The van der Waals surface area contributed by atoms with Crippen molar-refractivity contribution in [3.63, 3.8) is 0 Å². The van der Waals surface area contributed by atoms with Crippen LogP contribution in [0, 0.1) is 10.1 Å². The lowest BCUT2D eigenvalue weighted by Crippen LogP contribution is -2.17. The summed E-state index contributed by atoms with van der Waals surface area (Å²) in [5.74, 6) is -0.876. The summed E-state index contributed by atoms with van der Waals surface area (Å²) < 4.78 is 45.3. The first-order valence-electron chi connectivity index (χ1n) is 7.64. The summed E-state index contributed by atoms with van der Waals surface area (Å²) in [7, 11) is 1.41. The molecule has 2 heterocycles. The number of benzene rings is 1. The van der Waals surface area contributed by atoms with Gasteiger partial charge in [-0.1, -0.05) is 18.2 Å². The molecule has 1 unspecified atom stereocenters. The van der Waals surface area contributed by atoms with Gasteiger partial charge >= 0.3 is 6.18 Å². The molecule has 1 atom stereocenters. The molecule has 0 saturated heterocycles. The number of ketones is 1. The van der Waals surface area contributed by atoms with Crippen LogP contribution < -0.4 is 5.32 Å². The van der Waals surface area contributed by atoms with Crippen LogP contribution in [0.1, 0.15) is 22.9 Å². The smallest absolute Gasteiger partial charge is 0.416 e. The zero-order valence-corrected chi connectivity index (χ0v) is 13.8. The minimum absolute atomic E-state index is 0.0643. The van der Waals surface area contributed by atoms with Crippen molar-refractivity contribution < 1.29 is 27.6 Å². The lowest BCUT2D eigenvalue weighted by Gasteiger charge is -2.17. The van der Waals surface area contributed by atoms with E-state index in [0.717, 1.165) is 30.5 Å². The average Bonchev–Trinajstić information content (AvgIpc) is 2.97. The minimum Gasteiger partial charge on any atom is -0.462 e. The van der Waals surface area contributed by atoms with Crippen LogP contribution >= 0.6 is 0 Å². The Morgan fingerprint density at radius 1 is 1.26 bits per heavy atom. The average molecular weight is 379 g/mol. The van der Waals surface area contributed by atoms with E-state index in [-0.39, 0.29) is 28.4 Å². The van der Waals surface area contributed by atoms with E-state index in [9.17, 15) is 28.1 Å². The summed E-state index contributed by atoms with van der Waals surface area (Å²) in [4.78, 5) is 27.0. The number of hydrogen-bond acceptors (Lipinski definition) is 6. The van der Waals surface area contributed by atoms with Gasteiger partial charge in [-0.2, -0.15) is 13.2 Å². The quantitative estimate of drug-likeness (QED) is 0.647. The number of nitrogens with one attached hydrogen (secondary N) is 1. The van der Waals surface area contributed by atoms with Gasteiger partial charge in [0, 0.05) is 30.9 Å².